The summed E-state index contributed by atoms with van der Waals surface area (Å²) >= 11 is 0. The number of fused-ring (bicyclic) bond motifs is 7. The predicted octanol–water partition coefficient (Wildman–Crippen LogP) is 17.1. The van der Waals surface area contributed by atoms with E-state index in [0.717, 1.165) is 100 Å². The fourth-order valence-corrected chi connectivity index (χ4v) is 11.0. The van der Waals surface area contributed by atoms with Crippen LogP contribution in [0.4, 0.5) is 0 Å². The molecular weight excluding hydrogens is 901 g/mol. The maximum Gasteiger partial charge on any atom is 0.115 e. The second kappa shape index (κ2) is 18.0. The maximum absolute atomic E-state index is 4.30. The third-order valence-electron chi connectivity index (χ3n) is 14.4. The summed E-state index contributed by atoms with van der Waals surface area (Å²) in [4.78, 5) is 17.2. The lowest BCUT2D eigenvalue weighted by molar-refractivity contribution is 1.15. The molecule has 0 aliphatic carbocycles. The summed E-state index contributed by atoms with van der Waals surface area (Å²) in [6.07, 6.45) is 10.6. The van der Waals surface area contributed by atoms with Crippen LogP contribution >= 0.6 is 0 Å². The number of nitrogens with zero attached hydrogens (tertiary/aromatic N) is 6. The Hall–Kier alpha value is -10.0. The van der Waals surface area contributed by atoms with Gasteiger partial charge in [0, 0.05) is 68.8 Å². The molecule has 14 rings (SSSR count). The average Bonchev–Trinajstić information content (AvgIpc) is 4.04. The van der Waals surface area contributed by atoms with Gasteiger partial charge in [0.1, 0.15) is 12.7 Å². The van der Waals surface area contributed by atoms with Gasteiger partial charge in [0.15, 0.2) is 0 Å². The van der Waals surface area contributed by atoms with Crippen LogP contribution in [0.25, 0.3) is 133 Å². The van der Waals surface area contributed by atoms with Gasteiger partial charge in [-0.05, 0) is 152 Å². The summed E-state index contributed by atoms with van der Waals surface area (Å²) in [5.74, 6) is 0. The summed E-state index contributed by atoms with van der Waals surface area (Å²) in [6, 6.07) is 84.2. The lowest BCUT2D eigenvalue weighted by Crippen LogP contribution is -1.99. The highest BCUT2D eigenvalue weighted by Crippen LogP contribution is 2.48. The van der Waals surface area contributed by atoms with Gasteiger partial charge in [0.2, 0.25) is 0 Å². The van der Waals surface area contributed by atoms with Crippen LogP contribution in [-0.4, -0.2) is 29.1 Å². The van der Waals surface area contributed by atoms with Gasteiger partial charge in [-0.3, -0.25) is 0 Å². The molecule has 0 fully saturated rings. The zero-order chi connectivity index (χ0) is 49.0. The molecule has 4 aromatic heterocycles. The van der Waals surface area contributed by atoms with Crippen molar-refractivity contribution in [3.63, 3.8) is 0 Å². The van der Waals surface area contributed by atoms with E-state index in [1.54, 1.807) is 12.7 Å². The standard InChI is InChI=1S/C68H44N6/c1-3-23-58(24-4-1)73-64-29-9-7-27-60(64)63-38-62(66-61-28-8-10-30-65(61)74(68(66)67(63)73)59-25-5-2-6-26-59)55-36-53(49-19-11-15-45(31-49)47-17-13-21-51(33-47)56-39-69-43-70-40-56)35-54(37-55)50-20-12-16-46(32-50)48-18-14-22-52(34-48)57-41-71-44-72-42-57/h1-44H. The van der Waals surface area contributed by atoms with Gasteiger partial charge in [-0.1, -0.05) is 146 Å². The molecule has 10 aromatic carbocycles. The Morgan fingerprint density at radius 2 is 0.595 bits per heavy atom. The van der Waals surface area contributed by atoms with E-state index < -0.39 is 0 Å². The van der Waals surface area contributed by atoms with E-state index in [0.29, 0.717) is 0 Å². The molecule has 6 heteroatoms. The Morgan fingerprint density at radius 1 is 0.243 bits per heavy atom. The van der Waals surface area contributed by atoms with Crippen molar-refractivity contribution < 1.29 is 0 Å². The number of aromatic nitrogens is 6. The second-order valence-corrected chi connectivity index (χ2v) is 18.8. The molecule has 346 valence electrons. The van der Waals surface area contributed by atoms with Crippen LogP contribution in [0.1, 0.15) is 0 Å². The summed E-state index contributed by atoms with van der Waals surface area (Å²) in [7, 11) is 0. The number of rotatable bonds is 9. The van der Waals surface area contributed by atoms with E-state index in [1.807, 2.05) is 24.8 Å². The SMILES string of the molecule is c1ccc(-n2c3ccccc3c3cc(-c4cc(-c5cccc(-c6cccc(-c7cncnc7)c6)c5)cc(-c5cccc(-c6cccc(-c7cncnc7)c6)c5)c4)c4c5ccccc5n(-c5ccccc5)c4c32)cc1. The highest BCUT2D eigenvalue weighted by atomic mass is 15.0. The summed E-state index contributed by atoms with van der Waals surface area (Å²) in [5.41, 5.74) is 22.3. The second-order valence-electron chi connectivity index (χ2n) is 18.8. The summed E-state index contributed by atoms with van der Waals surface area (Å²) in [6.45, 7) is 0. The van der Waals surface area contributed by atoms with Crippen molar-refractivity contribution in [1.82, 2.24) is 29.1 Å². The highest BCUT2D eigenvalue weighted by Gasteiger charge is 2.25. The monoisotopic (exact) mass is 944 g/mol. The summed E-state index contributed by atoms with van der Waals surface area (Å²) < 4.78 is 4.95. The first-order valence-electron chi connectivity index (χ1n) is 24.9. The zero-order valence-corrected chi connectivity index (χ0v) is 40.1. The van der Waals surface area contributed by atoms with E-state index in [9.17, 15) is 0 Å². The van der Waals surface area contributed by atoms with Crippen molar-refractivity contribution in [3.8, 4) is 89.3 Å². The predicted molar refractivity (Wildman–Crippen MR) is 304 cm³/mol. The molecule has 0 N–H and O–H groups in total. The Bertz CT molecular complexity index is 4260. The van der Waals surface area contributed by atoms with E-state index in [4.69, 9.17) is 0 Å². The van der Waals surface area contributed by atoms with Gasteiger partial charge in [-0.25, -0.2) is 19.9 Å². The van der Waals surface area contributed by atoms with Crippen molar-refractivity contribution in [2.45, 2.75) is 0 Å². The number of para-hydroxylation sites is 4. The molecule has 0 unspecified atom stereocenters. The largest absolute Gasteiger partial charge is 0.307 e. The zero-order valence-electron chi connectivity index (χ0n) is 40.1. The summed E-state index contributed by atoms with van der Waals surface area (Å²) in [5, 5.41) is 4.78. The van der Waals surface area contributed by atoms with Crippen LogP contribution in [-0.2, 0) is 0 Å². The van der Waals surface area contributed by atoms with Crippen LogP contribution in [0.5, 0.6) is 0 Å². The fourth-order valence-electron chi connectivity index (χ4n) is 11.0. The molecule has 0 saturated heterocycles. The first-order chi connectivity index (χ1) is 36.7. The van der Waals surface area contributed by atoms with Crippen LogP contribution in [0.15, 0.2) is 268 Å². The number of benzene rings is 10. The maximum atomic E-state index is 4.30. The molecule has 74 heavy (non-hydrogen) atoms. The smallest absolute Gasteiger partial charge is 0.115 e. The Kier molecular flexibility index (Phi) is 10.4. The van der Waals surface area contributed by atoms with Crippen molar-refractivity contribution in [2.75, 3.05) is 0 Å². The first-order valence-corrected chi connectivity index (χ1v) is 24.9. The van der Waals surface area contributed by atoms with Crippen molar-refractivity contribution >= 4 is 43.6 Å². The molecule has 0 amide bonds. The molecule has 0 atom stereocenters. The van der Waals surface area contributed by atoms with E-state index in [1.165, 1.54) is 32.6 Å². The normalized spacial score (nSPS) is 11.5. The Balaban J connectivity index is 1.05. The minimum absolute atomic E-state index is 0.981. The minimum Gasteiger partial charge on any atom is -0.307 e. The van der Waals surface area contributed by atoms with Crippen molar-refractivity contribution in [2.24, 2.45) is 0 Å². The molecule has 0 aliphatic heterocycles. The Labute approximate surface area is 427 Å². The molecule has 6 nitrogen and oxygen atoms in total. The molecule has 14 aromatic rings. The lowest BCUT2D eigenvalue weighted by Gasteiger charge is -2.16. The Morgan fingerprint density at radius 3 is 1.07 bits per heavy atom. The molecule has 0 radical (unpaired) electrons. The minimum atomic E-state index is 0.981. The van der Waals surface area contributed by atoms with Crippen LogP contribution in [0, 0.1) is 0 Å². The molecular formula is C68H44N6. The molecule has 0 spiro atoms. The van der Waals surface area contributed by atoms with Gasteiger partial charge in [0.05, 0.1) is 22.1 Å². The molecule has 0 bridgehead atoms. The van der Waals surface area contributed by atoms with E-state index in [2.05, 4.69) is 260 Å². The van der Waals surface area contributed by atoms with Crippen LogP contribution in [0.3, 0.4) is 0 Å². The van der Waals surface area contributed by atoms with E-state index in [-0.39, 0.29) is 0 Å². The highest BCUT2D eigenvalue weighted by molar-refractivity contribution is 6.28. The topological polar surface area (TPSA) is 61.4 Å². The molecule has 4 heterocycles. The van der Waals surface area contributed by atoms with Gasteiger partial charge >= 0.3 is 0 Å². The van der Waals surface area contributed by atoms with Gasteiger partial charge in [-0.2, -0.15) is 0 Å². The quantitative estimate of drug-likeness (QED) is 0.145. The van der Waals surface area contributed by atoms with Crippen LogP contribution in [0.2, 0.25) is 0 Å². The third kappa shape index (κ3) is 7.44. The van der Waals surface area contributed by atoms with Crippen molar-refractivity contribution in [3.05, 3.63) is 268 Å². The van der Waals surface area contributed by atoms with Gasteiger partial charge < -0.3 is 9.13 Å². The first kappa shape index (κ1) is 42.8. The van der Waals surface area contributed by atoms with Crippen LogP contribution < -0.4 is 0 Å². The van der Waals surface area contributed by atoms with Gasteiger partial charge in [-0.15, -0.1) is 0 Å². The number of hydrogen-bond acceptors (Lipinski definition) is 4. The van der Waals surface area contributed by atoms with Crippen molar-refractivity contribution in [1.29, 1.82) is 0 Å². The van der Waals surface area contributed by atoms with Gasteiger partial charge in [0.25, 0.3) is 0 Å². The average molecular weight is 945 g/mol. The number of hydrogen-bond donors (Lipinski definition) is 0. The third-order valence-corrected chi connectivity index (χ3v) is 14.4. The molecule has 0 aliphatic rings. The molecule has 0 saturated carbocycles. The van der Waals surface area contributed by atoms with E-state index >= 15 is 0 Å². The fraction of sp³-hybridized carbons (Fsp3) is 0. The lowest BCUT2D eigenvalue weighted by atomic mass is 9.89.